The summed E-state index contributed by atoms with van der Waals surface area (Å²) in [5.74, 6) is -1.01. The molecule has 1 saturated heterocycles. The first-order valence-corrected chi connectivity index (χ1v) is 14.0. The van der Waals surface area contributed by atoms with Gasteiger partial charge in [-0.25, -0.2) is 4.98 Å². The summed E-state index contributed by atoms with van der Waals surface area (Å²) in [4.78, 5) is 46.4. The fourth-order valence-electron chi connectivity index (χ4n) is 4.78. The van der Waals surface area contributed by atoms with Gasteiger partial charge in [-0.2, -0.15) is 0 Å². The highest BCUT2D eigenvalue weighted by molar-refractivity contribution is 7.13. The third-order valence-corrected chi connectivity index (χ3v) is 7.92. The monoisotopic (exact) mass is 528 g/mol. The molecule has 37 heavy (non-hydrogen) atoms. The molecule has 7 nitrogen and oxygen atoms in total. The van der Waals surface area contributed by atoms with Crippen molar-refractivity contribution in [1.82, 2.24) is 9.88 Å². The van der Waals surface area contributed by atoms with Gasteiger partial charge in [0, 0.05) is 38.3 Å². The number of thiazole rings is 1. The Morgan fingerprint density at radius 2 is 1.92 bits per heavy atom. The van der Waals surface area contributed by atoms with Gasteiger partial charge in [0.05, 0.1) is 28.2 Å². The van der Waals surface area contributed by atoms with Crippen molar-refractivity contribution in [3.05, 3.63) is 41.0 Å². The summed E-state index contributed by atoms with van der Waals surface area (Å²) >= 11 is 1.60. The lowest BCUT2D eigenvalue weighted by Crippen LogP contribution is -2.47. The second kappa shape index (κ2) is 12.9. The van der Waals surface area contributed by atoms with Crippen molar-refractivity contribution >= 4 is 28.8 Å². The number of β-amino-alcohol motifs (C(OH)–C–C–N with tert-alkyl or cyclic N) is 1. The molecule has 1 aromatic heterocycles. The molecule has 0 unspecified atom stereocenters. The highest BCUT2D eigenvalue weighted by Crippen LogP contribution is 2.34. The lowest BCUT2D eigenvalue weighted by atomic mass is 9.76. The minimum absolute atomic E-state index is 0.0139. The molecular weight excluding hydrogens is 488 g/mol. The maximum absolute atomic E-state index is 13.6. The Labute approximate surface area is 224 Å². The number of aliphatic hydroxyl groups excluding tert-OH is 1. The molecule has 0 aliphatic carbocycles. The van der Waals surface area contributed by atoms with E-state index in [1.165, 1.54) is 4.90 Å². The summed E-state index contributed by atoms with van der Waals surface area (Å²) in [6, 6.07) is 7.47. The SMILES string of the molecule is CCCOCC(=O)C[C@H](C(=O)N1C[C@H](O)C[C@H]1C(=O)CCc1ccc(-c2scnc2C)cc1)C(C)(C)C. The number of likely N-dealkylation sites (tertiary alicyclic amines) is 1. The highest BCUT2D eigenvalue weighted by atomic mass is 32.1. The van der Waals surface area contributed by atoms with E-state index in [-0.39, 0.29) is 49.9 Å². The molecule has 0 saturated carbocycles. The number of carbonyl (C=O) groups is 3. The fourth-order valence-corrected chi connectivity index (χ4v) is 5.59. The molecule has 3 rings (SSSR count). The molecule has 1 aliphatic heterocycles. The van der Waals surface area contributed by atoms with Crippen molar-refractivity contribution in [2.45, 2.75) is 78.9 Å². The van der Waals surface area contributed by atoms with Crippen LogP contribution in [-0.4, -0.2) is 64.4 Å². The normalized spacial score (nSPS) is 18.7. The van der Waals surface area contributed by atoms with Crippen LogP contribution in [0.4, 0.5) is 0 Å². The number of hydrogen-bond acceptors (Lipinski definition) is 7. The third-order valence-electron chi connectivity index (χ3n) is 6.94. The number of nitrogens with zero attached hydrogens (tertiary/aromatic N) is 2. The molecule has 1 amide bonds. The molecule has 1 fully saturated rings. The molecular formula is C29H40N2O5S. The van der Waals surface area contributed by atoms with Crippen LogP contribution in [0.5, 0.6) is 0 Å². The van der Waals surface area contributed by atoms with Gasteiger partial charge in [-0.1, -0.05) is 52.0 Å². The molecule has 1 aliphatic rings. The van der Waals surface area contributed by atoms with Gasteiger partial charge < -0.3 is 14.7 Å². The van der Waals surface area contributed by atoms with Gasteiger partial charge in [-0.3, -0.25) is 14.4 Å². The number of Topliss-reactive ketones (excluding diaryl/α,β-unsaturated/α-hetero) is 2. The van der Waals surface area contributed by atoms with Crippen molar-refractivity contribution in [3.8, 4) is 10.4 Å². The van der Waals surface area contributed by atoms with E-state index in [4.69, 9.17) is 4.74 Å². The van der Waals surface area contributed by atoms with Crippen LogP contribution in [0.2, 0.25) is 0 Å². The minimum atomic E-state index is -0.746. The van der Waals surface area contributed by atoms with Crippen LogP contribution in [0.25, 0.3) is 10.4 Å². The smallest absolute Gasteiger partial charge is 0.227 e. The number of rotatable bonds is 12. The zero-order valence-electron chi connectivity index (χ0n) is 22.7. The van der Waals surface area contributed by atoms with Gasteiger partial charge in [-0.05, 0) is 36.3 Å². The minimum Gasteiger partial charge on any atom is -0.391 e. The Balaban J connectivity index is 1.65. The lowest BCUT2D eigenvalue weighted by molar-refractivity contribution is -0.146. The van der Waals surface area contributed by atoms with E-state index in [1.54, 1.807) is 11.3 Å². The van der Waals surface area contributed by atoms with E-state index in [1.807, 2.05) is 64.4 Å². The predicted molar refractivity (Wildman–Crippen MR) is 145 cm³/mol. The molecule has 1 N–H and O–H groups in total. The maximum Gasteiger partial charge on any atom is 0.227 e. The second-order valence-corrected chi connectivity index (χ2v) is 11.9. The molecule has 0 spiro atoms. The van der Waals surface area contributed by atoms with E-state index in [0.29, 0.717) is 13.0 Å². The van der Waals surface area contributed by atoms with E-state index >= 15 is 0 Å². The van der Waals surface area contributed by atoms with E-state index < -0.39 is 23.5 Å². The van der Waals surface area contributed by atoms with Crippen LogP contribution in [0.3, 0.4) is 0 Å². The fraction of sp³-hybridized carbons (Fsp3) is 0.586. The number of aliphatic hydroxyl groups is 1. The van der Waals surface area contributed by atoms with Gasteiger partial charge in [0.1, 0.15) is 6.61 Å². The summed E-state index contributed by atoms with van der Waals surface area (Å²) in [5, 5.41) is 10.4. The Morgan fingerprint density at radius 3 is 2.51 bits per heavy atom. The standard InChI is InChI=1S/C29H40N2O5S/c1-6-13-36-17-23(33)14-24(29(3,4)5)28(35)31-16-22(32)15-25(31)26(34)12-9-20-7-10-21(11-8-20)27-19(2)30-18-37-27/h7-8,10-11,18,22,24-25,32H,6,9,12-17H2,1-5H3/t22-,24-,25+/m1/s1. The van der Waals surface area contributed by atoms with Gasteiger partial charge in [0.15, 0.2) is 11.6 Å². The lowest BCUT2D eigenvalue weighted by Gasteiger charge is -2.34. The number of amides is 1. The number of carbonyl (C=O) groups excluding carboxylic acids is 3. The molecule has 202 valence electrons. The molecule has 3 atom stereocenters. The zero-order valence-corrected chi connectivity index (χ0v) is 23.5. The van der Waals surface area contributed by atoms with Crippen LogP contribution in [0, 0.1) is 18.3 Å². The first kappa shape index (κ1) is 29.1. The van der Waals surface area contributed by atoms with Crippen LogP contribution in [-0.2, 0) is 25.5 Å². The zero-order chi connectivity index (χ0) is 27.2. The van der Waals surface area contributed by atoms with Crippen LogP contribution < -0.4 is 0 Å². The topological polar surface area (TPSA) is 96.8 Å². The van der Waals surface area contributed by atoms with Crippen molar-refractivity contribution in [1.29, 1.82) is 0 Å². The molecule has 8 heteroatoms. The predicted octanol–water partition coefficient (Wildman–Crippen LogP) is 4.63. The average Bonchev–Trinajstić information content (AvgIpc) is 3.46. The summed E-state index contributed by atoms with van der Waals surface area (Å²) in [6.07, 6.45) is 1.21. The van der Waals surface area contributed by atoms with Gasteiger partial charge >= 0.3 is 0 Å². The third kappa shape index (κ3) is 7.79. The van der Waals surface area contributed by atoms with Crippen molar-refractivity contribution < 1.29 is 24.2 Å². The van der Waals surface area contributed by atoms with Crippen molar-refractivity contribution in [2.75, 3.05) is 19.8 Å². The van der Waals surface area contributed by atoms with E-state index in [2.05, 4.69) is 4.98 Å². The number of ether oxygens (including phenoxy) is 1. The molecule has 0 bridgehead atoms. The number of benzene rings is 1. The quantitative estimate of drug-likeness (QED) is 0.404. The number of hydrogen-bond donors (Lipinski definition) is 1. The van der Waals surface area contributed by atoms with Crippen LogP contribution >= 0.6 is 11.3 Å². The molecule has 2 aromatic rings. The number of aromatic nitrogens is 1. The van der Waals surface area contributed by atoms with Gasteiger partial charge in [0.2, 0.25) is 5.91 Å². The molecule has 2 heterocycles. The Morgan fingerprint density at radius 1 is 1.22 bits per heavy atom. The maximum atomic E-state index is 13.6. The van der Waals surface area contributed by atoms with Crippen molar-refractivity contribution in [3.63, 3.8) is 0 Å². The van der Waals surface area contributed by atoms with E-state index in [0.717, 1.165) is 28.1 Å². The molecule has 1 aromatic carbocycles. The second-order valence-electron chi connectivity index (χ2n) is 11.0. The number of aryl methyl sites for hydroxylation is 2. The van der Waals surface area contributed by atoms with E-state index in [9.17, 15) is 19.5 Å². The average molecular weight is 529 g/mol. The first-order valence-electron chi connectivity index (χ1n) is 13.1. The highest BCUT2D eigenvalue weighted by Gasteiger charge is 2.44. The van der Waals surface area contributed by atoms with Crippen LogP contribution in [0.1, 0.15) is 64.6 Å². The summed E-state index contributed by atoms with van der Waals surface area (Å²) in [6.45, 7) is 10.3. The van der Waals surface area contributed by atoms with Crippen LogP contribution in [0.15, 0.2) is 29.8 Å². The summed E-state index contributed by atoms with van der Waals surface area (Å²) in [7, 11) is 0. The largest absolute Gasteiger partial charge is 0.391 e. The Kier molecular flexibility index (Phi) is 10.2. The summed E-state index contributed by atoms with van der Waals surface area (Å²) < 4.78 is 5.38. The molecule has 0 radical (unpaired) electrons. The number of ketones is 2. The van der Waals surface area contributed by atoms with Crippen molar-refractivity contribution in [2.24, 2.45) is 11.3 Å². The first-order chi connectivity index (χ1) is 17.5. The Hall–Kier alpha value is -2.42. The summed E-state index contributed by atoms with van der Waals surface area (Å²) in [5.41, 5.74) is 4.51. The van der Waals surface area contributed by atoms with Gasteiger partial charge in [0.25, 0.3) is 0 Å². The van der Waals surface area contributed by atoms with Gasteiger partial charge in [-0.15, -0.1) is 11.3 Å². The Bertz CT molecular complexity index is 1070.